The highest BCUT2D eigenvalue weighted by Gasteiger charge is 2.29. The molecule has 0 spiro atoms. The summed E-state index contributed by atoms with van der Waals surface area (Å²) in [4.78, 5) is 9.16. The first-order chi connectivity index (χ1) is 15.4. The van der Waals surface area contributed by atoms with Crippen LogP contribution in [0.2, 0.25) is 0 Å². The number of hydrogen-bond donors (Lipinski definition) is 0. The van der Waals surface area contributed by atoms with E-state index in [0.717, 1.165) is 29.5 Å². The maximum absolute atomic E-state index is 13.3. The Labute approximate surface area is 186 Å². The molecule has 1 saturated heterocycles. The van der Waals surface area contributed by atoms with Gasteiger partial charge in [-0.3, -0.25) is 0 Å². The lowest BCUT2D eigenvalue weighted by Gasteiger charge is -2.27. The predicted molar refractivity (Wildman–Crippen MR) is 122 cm³/mol. The number of pyridine rings is 1. The molecule has 0 aliphatic carbocycles. The van der Waals surface area contributed by atoms with E-state index in [9.17, 15) is 8.42 Å². The number of hydrogen-bond acceptors (Lipinski definition) is 6. The van der Waals surface area contributed by atoms with Crippen molar-refractivity contribution in [3.63, 3.8) is 0 Å². The molecule has 3 aromatic heterocycles. The molecule has 4 aromatic rings. The van der Waals surface area contributed by atoms with Gasteiger partial charge in [0.15, 0.2) is 5.65 Å². The number of nitriles is 1. The normalized spacial score (nSPS) is 18.1. The molecule has 0 unspecified atom stereocenters. The molecule has 9 heteroatoms. The number of aromatic nitrogens is 4. The van der Waals surface area contributed by atoms with Gasteiger partial charge in [-0.15, -0.1) is 0 Å². The van der Waals surface area contributed by atoms with Crippen LogP contribution in [0.4, 0.5) is 0 Å². The number of benzene rings is 1. The highest BCUT2D eigenvalue weighted by molar-refractivity contribution is 7.90. The fourth-order valence-electron chi connectivity index (χ4n) is 4.37. The summed E-state index contributed by atoms with van der Waals surface area (Å²) >= 11 is 0. The molecule has 1 fully saturated rings. The lowest BCUT2D eigenvalue weighted by Crippen LogP contribution is -2.38. The van der Waals surface area contributed by atoms with E-state index >= 15 is 0 Å². The number of fused-ring (bicyclic) bond motifs is 3. The van der Waals surface area contributed by atoms with Crippen LogP contribution >= 0.6 is 0 Å². The van der Waals surface area contributed by atoms with Crippen molar-refractivity contribution < 1.29 is 8.42 Å². The second-order valence-corrected chi connectivity index (χ2v) is 9.86. The summed E-state index contributed by atoms with van der Waals surface area (Å²) in [6.07, 6.45) is 8.25. The van der Waals surface area contributed by atoms with E-state index in [1.54, 1.807) is 55.1 Å². The molecule has 0 radical (unpaired) electrons. The van der Waals surface area contributed by atoms with Gasteiger partial charge in [-0.25, -0.2) is 27.0 Å². The molecule has 0 bridgehead atoms. The minimum absolute atomic E-state index is 0.216. The zero-order valence-electron chi connectivity index (χ0n) is 17.8. The molecule has 0 amide bonds. The monoisotopic (exact) mass is 446 g/mol. The van der Waals surface area contributed by atoms with Crippen molar-refractivity contribution in [2.45, 2.75) is 37.6 Å². The fraction of sp³-hybridized carbons (Fsp3) is 0.261. The van der Waals surface area contributed by atoms with Crippen LogP contribution in [-0.4, -0.2) is 39.6 Å². The van der Waals surface area contributed by atoms with E-state index in [1.807, 2.05) is 11.6 Å². The van der Waals surface area contributed by atoms with E-state index in [4.69, 9.17) is 5.26 Å². The van der Waals surface area contributed by atoms with E-state index in [1.165, 1.54) is 3.97 Å². The highest BCUT2D eigenvalue weighted by Crippen LogP contribution is 2.30. The van der Waals surface area contributed by atoms with Crippen molar-refractivity contribution in [2.75, 3.05) is 11.6 Å². The van der Waals surface area contributed by atoms with E-state index in [-0.39, 0.29) is 10.9 Å². The van der Waals surface area contributed by atoms with E-state index < -0.39 is 10.0 Å². The first kappa shape index (κ1) is 20.3. The maximum atomic E-state index is 13.3. The van der Waals surface area contributed by atoms with Gasteiger partial charge in [0.2, 0.25) is 0 Å². The molecule has 1 atom stereocenters. The summed E-state index contributed by atoms with van der Waals surface area (Å²) in [6.45, 7) is 4.66. The summed E-state index contributed by atoms with van der Waals surface area (Å²) in [7, 11) is -3.79. The van der Waals surface area contributed by atoms with Crippen LogP contribution in [0.15, 0.2) is 65.6 Å². The fourth-order valence-corrected chi connectivity index (χ4v) is 5.68. The second-order valence-electron chi connectivity index (χ2n) is 8.04. The Hall–Kier alpha value is -3.64. The van der Waals surface area contributed by atoms with Crippen LogP contribution in [0.25, 0.3) is 22.1 Å². The van der Waals surface area contributed by atoms with Gasteiger partial charge in [0.25, 0.3) is 10.0 Å². The summed E-state index contributed by atoms with van der Waals surface area (Å²) in [5, 5.41) is 12.0. The first-order valence-corrected chi connectivity index (χ1v) is 11.9. The van der Waals surface area contributed by atoms with Gasteiger partial charge in [-0.05, 0) is 43.5 Å². The van der Waals surface area contributed by atoms with Crippen LogP contribution in [0, 0.1) is 18.3 Å². The van der Waals surface area contributed by atoms with Crippen molar-refractivity contribution in [3.8, 4) is 6.07 Å². The molecular weight excluding hydrogens is 424 g/mol. The van der Waals surface area contributed by atoms with Gasteiger partial charge in [0.1, 0.15) is 17.4 Å². The van der Waals surface area contributed by atoms with Crippen molar-refractivity contribution in [3.05, 3.63) is 66.3 Å². The summed E-state index contributed by atoms with van der Waals surface area (Å²) in [5.41, 5.74) is 3.93. The molecular formula is C23H22N6O2S. The zero-order valence-corrected chi connectivity index (χ0v) is 18.6. The molecule has 1 aliphatic heterocycles. The largest absolute Gasteiger partial charge is 0.304 e. The average molecular weight is 447 g/mol. The molecule has 0 saturated carbocycles. The smallest absolute Gasteiger partial charge is 0.269 e. The van der Waals surface area contributed by atoms with E-state index in [2.05, 4.69) is 28.0 Å². The molecule has 4 heterocycles. The van der Waals surface area contributed by atoms with Crippen molar-refractivity contribution in [1.29, 1.82) is 5.26 Å². The van der Waals surface area contributed by atoms with Crippen LogP contribution in [0.3, 0.4) is 0 Å². The Balaban J connectivity index is 1.67. The zero-order chi connectivity index (χ0) is 22.5. The lowest BCUT2D eigenvalue weighted by atomic mass is 10.1. The van der Waals surface area contributed by atoms with Crippen LogP contribution < -0.4 is 5.01 Å². The van der Waals surface area contributed by atoms with Gasteiger partial charge in [0, 0.05) is 23.7 Å². The summed E-state index contributed by atoms with van der Waals surface area (Å²) < 4.78 is 29.8. The van der Waals surface area contributed by atoms with Gasteiger partial charge in [-0.1, -0.05) is 24.6 Å². The predicted octanol–water partition coefficient (Wildman–Crippen LogP) is 3.50. The highest BCUT2D eigenvalue weighted by atomic mass is 32.2. The van der Waals surface area contributed by atoms with Gasteiger partial charge in [-0.2, -0.15) is 5.26 Å². The topological polar surface area (TPSA) is 96.8 Å². The molecule has 32 heavy (non-hydrogen) atoms. The van der Waals surface area contributed by atoms with Crippen LogP contribution in [0.1, 0.15) is 25.3 Å². The number of imidazole rings is 1. The quantitative estimate of drug-likeness (QED) is 0.445. The van der Waals surface area contributed by atoms with E-state index in [0.29, 0.717) is 23.1 Å². The van der Waals surface area contributed by atoms with Gasteiger partial charge < -0.3 is 5.01 Å². The Bertz CT molecular complexity index is 1510. The summed E-state index contributed by atoms with van der Waals surface area (Å²) in [6, 6.07) is 10.9. The van der Waals surface area contributed by atoms with Crippen molar-refractivity contribution >= 4 is 32.1 Å². The Morgan fingerprint density at radius 1 is 1.22 bits per heavy atom. The molecule has 8 nitrogen and oxygen atoms in total. The van der Waals surface area contributed by atoms with Crippen molar-refractivity contribution in [1.82, 2.24) is 18.6 Å². The van der Waals surface area contributed by atoms with Gasteiger partial charge in [0.05, 0.1) is 23.7 Å². The van der Waals surface area contributed by atoms with Crippen LogP contribution in [0.5, 0.6) is 0 Å². The second kappa shape index (κ2) is 7.50. The third-order valence-corrected chi connectivity index (χ3v) is 7.73. The molecule has 5 rings (SSSR count). The molecule has 0 N–H and O–H groups in total. The maximum Gasteiger partial charge on any atom is 0.269 e. The lowest BCUT2D eigenvalue weighted by molar-refractivity contribution is 0.537. The average Bonchev–Trinajstić information content (AvgIpc) is 3.49. The molecule has 1 aliphatic rings. The molecule has 1 aromatic carbocycles. The Morgan fingerprint density at radius 2 is 2.00 bits per heavy atom. The standard InChI is InChI=1S/C23H22N6O2S/c1-3-18-12-17(8-10-24)14-27(18)28-15-26-21-13-25-23-20(22(21)28)9-11-29(23)32(30,31)19-6-4-16(2)5-7-19/h4-9,11,13,15,18H,3,12,14H2,1-2H3/t18-/m1/s1. The number of rotatable bonds is 4. The Kier molecular flexibility index (Phi) is 4.75. The van der Waals surface area contributed by atoms with Crippen LogP contribution in [-0.2, 0) is 10.0 Å². The number of allylic oxidation sites excluding steroid dienone is 1. The number of aryl methyl sites for hydroxylation is 1. The number of nitrogens with zero attached hydrogens (tertiary/aromatic N) is 6. The first-order valence-electron chi connectivity index (χ1n) is 10.4. The Morgan fingerprint density at radius 3 is 2.72 bits per heavy atom. The van der Waals surface area contributed by atoms with Crippen molar-refractivity contribution in [2.24, 2.45) is 0 Å². The summed E-state index contributed by atoms with van der Waals surface area (Å²) in [5.74, 6) is 0. The third kappa shape index (κ3) is 3.07. The van der Waals surface area contributed by atoms with Gasteiger partial charge >= 0.3 is 0 Å². The third-order valence-electron chi connectivity index (χ3n) is 6.05. The minimum Gasteiger partial charge on any atom is -0.304 e. The molecule has 162 valence electrons. The SMILES string of the molecule is CC[C@@H]1CC(=CC#N)CN1n1cnc2cnc3c(ccn3S(=O)(=O)c3ccc(C)cc3)c21. The minimum atomic E-state index is -3.79.